The zero-order chi connectivity index (χ0) is 13.1. The van der Waals surface area contributed by atoms with Crippen molar-refractivity contribution in [1.29, 1.82) is 0 Å². The number of piperidine rings is 1. The molecule has 0 saturated carbocycles. The highest BCUT2D eigenvalue weighted by atomic mass is 79.9. The molecule has 0 aliphatic carbocycles. The highest BCUT2D eigenvalue weighted by Gasteiger charge is 2.15. The third kappa shape index (κ3) is 3.25. The van der Waals surface area contributed by atoms with Crippen LogP contribution in [0.25, 0.3) is 11.3 Å². The van der Waals surface area contributed by atoms with Gasteiger partial charge in [0.1, 0.15) is 5.82 Å². The summed E-state index contributed by atoms with van der Waals surface area (Å²) in [6, 6.07) is 8.30. The van der Waals surface area contributed by atoms with Crippen LogP contribution in [-0.2, 0) is 6.42 Å². The summed E-state index contributed by atoms with van der Waals surface area (Å²) >= 11 is 3.50. The summed E-state index contributed by atoms with van der Waals surface area (Å²) in [6.45, 7) is 2.29. The van der Waals surface area contributed by atoms with Crippen molar-refractivity contribution in [2.45, 2.75) is 19.3 Å². The van der Waals surface area contributed by atoms with Crippen molar-refractivity contribution >= 4 is 15.9 Å². The molecule has 1 saturated heterocycles. The normalized spacial score (nSPS) is 16.7. The van der Waals surface area contributed by atoms with E-state index in [9.17, 15) is 0 Å². The second-order valence-corrected chi connectivity index (χ2v) is 6.07. The largest absolute Gasteiger partial charge is 0.342 e. The number of nitrogens with zero attached hydrogens (tertiary/aromatic N) is 1. The monoisotopic (exact) mass is 319 g/mol. The Hall–Kier alpha value is -1.13. The zero-order valence-electron chi connectivity index (χ0n) is 10.8. The Balaban J connectivity index is 1.72. The number of imidazole rings is 1. The van der Waals surface area contributed by atoms with Gasteiger partial charge in [-0.05, 0) is 44.0 Å². The first kappa shape index (κ1) is 12.9. The van der Waals surface area contributed by atoms with E-state index in [0.717, 1.165) is 41.4 Å². The molecule has 0 radical (unpaired) electrons. The van der Waals surface area contributed by atoms with Gasteiger partial charge in [-0.15, -0.1) is 0 Å². The van der Waals surface area contributed by atoms with E-state index in [1.54, 1.807) is 0 Å². The maximum Gasteiger partial charge on any atom is 0.106 e. The fourth-order valence-corrected chi connectivity index (χ4v) is 3.03. The predicted octanol–water partition coefficient (Wildman–Crippen LogP) is 3.38. The topological polar surface area (TPSA) is 40.7 Å². The molecule has 2 aromatic rings. The van der Waals surface area contributed by atoms with Gasteiger partial charge in [-0.3, -0.25) is 0 Å². The van der Waals surface area contributed by atoms with Gasteiger partial charge in [0.05, 0.1) is 11.9 Å². The van der Waals surface area contributed by atoms with Crippen LogP contribution in [0.15, 0.2) is 34.9 Å². The zero-order valence-corrected chi connectivity index (χ0v) is 12.4. The fourth-order valence-electron chi connectivity index (χ4n) is 2.63. The van der Waals surface area contributed by atoms with Crippen LogP contribution in [0.5, 0.6) is 0 Å². The molecule has 3 rings (SSSR count). The minimum absolute atomic E-state index is 0.766. The van der Waals surface area contributed by atoms with Crippen molar-refractivity contribution in [2.24, 2.45) is 5.92 Å². The van der Waals surface area contributed by atoms with Crippen molar-refractivity contribution < 1.29 is 0 Å². The minimum atomic E-state index is 0.766. The number of hydrogen-bond donors (Lipinski definition) is 2. The second-order valence-electron chi connectivity index (χ2n) is 5.15. The fraction of sp³-hybridized carbons (Fsp3) is 0.400. The Kier molecular flexibility index (Phi) is 3.99. The molecule has 2 N–H and O–H groups in total. The average molecular weight is 320 g/mol. The molecule has 1 aromatic carbocycles. The van der Waals surface area contributed by atoms with Gasteiger partial charge in [-0.25, -0.2) is 4.98 Å². The van der Waals surface area contributed by atoms with Gasteiger partial charge in [0.25, 0.3) is 0 Å². The van der Waals surface area contributed by atoms with Crippen molar-refractivity contribution in [2.75, 3.05) is 13.1 Å². The van der Waals surface area contributed by atoms with Gasteiger partial charge in [0.15, 0.2) is 0 Å². The van der Waals surface area contributed by atoms with E-state index in [4.69, 9.17) is 0 Å². The van der Waals surface area contributed by atoms with Crippen molar-refractivity contribution in [1.82, 2.24) is 15.3 Å². The maximum atomic E-state index is 4.53. The molecule has 0 atom stereocenters. The molecule has 100 valence electrons. The molecule has 1 aromatic heterocycles. The number of rotatable bonds is 3. The summed E-state index contributed by atoms with van der Waals surface area (Å²) in [5.74, 6) is 1.88. The Morgan fingerprint density at radius 2 is 2.11 bits per heavy atom. The molecule has 1 aliphatic heterocycles. The van der Waals surface area contributed by atoms with Gasteiger partial charge >= 0.3 is 0 Å². The standard InChI is InChI=1S/C15H18BrN3/c16-13-3-1-2-12(9-13)14-10-18-15(19-14)8-11-4-6-17-7-5-11/h1-3,9-11,17H,4-8H2,(H,18,19). The lowest BCUT2D eigenvalue weighted by Crippen LogP contribution is -2.28. The van der Waals surface area contributed by atoms with E-state index >= 15 is 0 Å². The lowest BCUT2D eigenvalue weighted by Gasteiger charge is -2.21. The Bertz CT molecular complexity index is 544. The lowest BCUT2D eigenvalue weighted by atomic mass is 9.94. The number of nitrogens with one attached hydrogen (secondary N) is 2. The van der Waals surface area contributed by atoms with Gasteiger partial charge in [-0.2, -0.15) is 0 Å². The second kappa shape index (κ2) is 5.88. The lowest BCUT2D eigenvalue weighted by molar-refractivity contribution is 0.368. The third-order valence-electron chi connectivity index (χ3n) is 3.70. The number of halogens is 1. The van der Waals surface area contributed by atoms with Gasteiger partial charge in [0, 0.05) is 16.5 Å². The van der Waals surface area contributed by atoms with Crippen LogP contribution in [0, 0.1) is 5.92 Å². The molecule has 1 fully saturated rings. The Morgan fingerprint density at radius 1 is 1.26 bits per heavy atom. The highest BCUT2D eigenvalue weighted by Crippen LogP contribution is 2.23. The number of hydrogen-bond acceptors (Lipinski definition) is 2. The van der Waals surface area contributed by atoms with Crippen LogP contribution >= 0.6 is 15.9 Å². The third-order valence-corrected chi connectivity index (χ3v) is 4.20. The van der Waals surface area contributed by atoms with Crippen molar-refractivity contribution in [3.05, 3.63) is 40.8 Å². The Labute approximate surface area is 122 Å². The van der Waals surface area contributed by atoms with Crippen LogP contribution in [0.3, 0.4) is 0 Å². The minimum Gasteiger partial charge on any atom is -0.342 e. The molecular formula is C15H18BrN3. The van der Waals surface area contributed by atoms with E-state index in [-0.39, 0.29) is 0 Å². The summed E-state index contributed by atoms with van der Waals surface area (Å²) in [6.07, 6.45) is 5.52. The first-order valence-corrected chi connectivity index (χ1v) is 7.61. The predicted molar refractivity (Wildman–Crippen MR) is 81.0 cm³/mol. The van der Waals surface area contributed by atoms with E-state index < -0.39 is 0 Å². The SMILES string of the molecule is Brc1cccc(-c2cnc(CC3CCNCC3)[nH]2)c1. The molecule has 3 nitrogen and oxygen atoms in total. The van der Waals surface area contributed by atoms with E-state index in [0.29, 0.717) is 0 Å². The molecule has 0 unspecified atom stereocenters. The van der Waals surface area contributed by atoms with Gasteiger partial charge in [-0.1, -0.05) is 28.1 Å². The molecular weight excluding hydrogens is 302 g/mol. The number of aromatic amines is 1. The number of aromatic nitrogens is 2. The summed E-state index contributed by atoms with van der Waals surface area (Å²) in [5.41, 5.74) is 2.28. The molecule has 4 heteroatoms. The molecule has 1 aliphatic rings. The van der Waals surface area contributed by atoms with Crippen LogP contribution in [0.2, 0.25) is 0 Å². The Morgan fingerprint density at radius 3 is 2.89 bits per heavy atom. The molecule has 19 heavy (non-hydrogen) atoms. The van der Waals surface area contributed by atoms with Crippen LogP contribution in [0.1, 0.15) is 18.7 Å². The van der Waals surface area contributed by atoms with Crippen LogP contribution < -0.4 is 5.32 Å². The summed E-state index contributed by atoms with van der Waals surface area (Å²) in [7, 11) is 0. The number of benzene rings is 1. The highest BCUT2D eigenvalue weighted by molar-refractivity contribution is 9.10. The smallest absolute Gasteiger partial charge is 0.106 e. The van der Waals surface area contributed by atoms with E-state index in [1.165, 1.54) is 18.4 Å². The van der Waals surface area contributed by atoms with Gasteiger partial charge < -0.3 is 10.3 Å². The number of H-pyrrole nitrogens is 1. The van der Waals surface area contributed by atoms with E-state index in [1.807, 2.05) is 18.3 Å². The maximum absolute atomic E-state index is 4.53. The summed E-state index contributed by atoms with van der Waals surface area (Å²) in [4.78, 5) is 7.98. The first-order valence-electron chi connectivity index (χ1n) is 6.82. The summed E-state index contributed by atoms with van der Waals surface area (Å²) in [5, 5.41) is 3.40. The quantitative estimate of drug-likeness (QED) is 0.910. The van der Waals surface area contributed by atoms with Crippen LogP contribution in [-0.4, -0.2) is 23.1 Å². The first-order chi connectivity index (χ1) is 9.31. The van der Waals surface area contributed by atoms with Crippen molar-refractivity contribution in [3.63, 3.8) is 0 Å². The van der Waals surface area contributed by atoms with E-state index in [2.05, 4.69) is 43.3 Å². The van der Waals surface area contributed by atoms with Crippen molar-refractivity contribution in [3.8, 4) is 11.3 Å². The van der Waals surface area contributed by atoms with Crippen LogP contribution in [0.4, 0.5) is 0 Å². The molecule has 2 heterocycles. The average Bonchev–Trinajstić information content (AvgIpc) is 2.88. The van der Waals surface area contributed by atoms with Gasteiger partial charge in [0.2, 0.25) is 0 Å². The molecule has 0 bridgehead atoms. The molecule has 0 amide bonds. The summed E-state index contributed by atoms with van der Waals surface area (Å²) < 4.78 is 1.10. The molecule has 0 spiro atoms.